The molecule has 1 aliphatic heterocycles. The fraction of sp³-hybridized carbons (Fsp3) is 0.674. The lowest BCUT2D eigenvalue weighted by Crippen LogP contribution is -2.37. The smallest absolute Gasteiger partial charge is 0.297 e. The largest absolute Gasteiger partial charge is 0.390 e. The van der Waals surface area contributed by atoms with E-state index >= 15 is 0 Å². The lowest BCUT2D eigenvalue weighted by Gasteiger charge is -2.28. The lowest BCUT2D eigenvalue weighted by molar-refractivity contribution is -0.137. The van der Waals surface area contributed by atoms with E-state index in [1.807, 2.05) is 49.4 Å². The number of benzene rings is 2. The van der Waals surface area contributed by atoms with E-state index in [2.05, 4.69) is 6.92 Å². The predicted molar refractivity (Wildman–Crippen MR) is 212 cm³/mol. The van der Waals surface area contributed by atoms with E-state index in [1.54, 1.807) is 31.4 Å². The summed E-state index contributed by atoms with van der Waals surface area (Å²) in [6.07, 6.45) is 14.4. The van der Waals surface area contributed by atoms with Gasteiger partial charge in [0.15, 0.2) is 0 Å². The maximum absolute atomic E-state index is 13.6. The number of methoxy groups -OCH3 is 2. The third-order valence-corrected chi connectivity index (χ3v) is 11.2. The molecule has 0 bridgehead atoms. The summed E-state index contributed by atoms with van der Waals surface area (Å²) in [7, 11) is -0.971. The molecule has 2 aromatic rings. The third kappa shape index (κ3) is 18.2. The number of aliphatic hydroxyl groups is 1. The van der Waals surface area contributed by atoms with Gasteiger partial charge in [0, 0.05) is 20.8 Å². The molecule has 0 saturated carbocycles. The Bertz CT molecular complexity index is 1350. The van der Waals surface area contributed by atoms with Gasteiger partial charge in [0.25, 0.3) is 10.1 Å². The van der Waals surface area contributed by atoms with Gasteiger partial charge in [0.1, 0.15) is 25.8 Å². The van der Waals surface area contributed by atoms with Crippen molar-refractivity contribution in [2.45, 2.75) is 158 Å². The summed E-state index contributed by atoms with van der Waals surface area (Å²) >= 11 is 0. The van der Waals surface area contributed by atoms with Gasteiger partial charge in [0.05, 0.1) is 35.9 Å². The lowest BCUT2D eigenvalue weighted by atomic mass is 9.99. The number of unbranched alkanes of at least 4 members (excludes halogenated alkanes) is 8. The molecule has 0 amide bonds. The summed E-state index contributed by atoms with van der Waals surface area (Å²) in [6.45, 7) is 5.48. The van der Waals surface area contributed by atoms with Crippen molar-refractivity contribution in [2.75, 3.05) is 34.4 Å². The van der Waals surface area contributed by atoms with Crippen LogP contribution < -0.4 is 0 Å². The number of aryl methyl sites for hydroxylation is 1. The fourth-order valence-electron chi connectivity index (χ4n) is 6.71. The minimum atomic E-state index is -4.11. The quantitative estimate of drug-likeness (QED) is 0.0345. The molecule has 1 fully saturated rings. The van der Waals surface area contributed by atoms with E-state index in [0.29, 0.717) is 26.1 Å². The SMILES string of the molecule is CCCCCCCCCC[C@@H](OCOC)[C@H]1CC[C@@H]([C@H](CC[C@@H](O)[C@@H](/C=C/CCCOCc2ccccc2)OCOC)OS(=O)(=O)c2ccc(C)cc2)O1. The molecule has 11 heteroatoms. The van der Waals surface area contributed by atoms with Gasteiger partial charge in [-0.3, -0.25) is 4.18 Å². The van der Waals surface area contributed by atoms with Crippen molar-refractivity contribution in [3.8, 4) is 0 Å². The summed E-state index contributed by atoms with van der Waals surface area (Å²) in [5.74, 6) is 0. The number of hydrogen-bond acceptors (Lipinski definition) is 10. The molecule has 1 N–H and O–H groups in total. The molecule has 306 valence electrons. The number of aliphatic hydroxyl groups excluding tert-OH is 1. The molecule has 2 aromatic carbocycles. The van der Waals surface area contributed by atoms with Gasteiger partial charge < -0.3 is 33.5 Å². The van der Waals surface area contributed by atoms with Crippen molar-refractivity contribution in [1.82, 2.24) is 0 Å². The van der Waals surface area contributed by atoms with Crippen LogP contribution in [0.15, 0.2) is 71.6 Å². The Kier molecular flexibility index (Phi) is 23.5. The minimum absolute atomic E-state index is 0.00310. The highest BCUT2D eigenvalue weighted by molar-refractivity contribution is 7.86. The average Bonchev–Trinajstić information content (AvgIpc) is 3.67. The summed E-state index contributed by atoms with van der Waals surface area (Å²) in [6, 6.07) is 16.7. The molecule has 54 heavy (non-hydrogen) atoms. The zero-order valence-corrected chi connectivity index (χ0v) is 34.1. The first-order valence-electron chi connectivity index (χ1n) is 20.1. The van der Waals surface area contributed by atoms with Crippen LogP contribution in [-0.2, 0) is 49.3 Å². The Morgan fingerprint density at radius 3 is 2.13 bits per heavy atom. The first-order valence-corrected chi connectivity index (χ1v) is 21.5. The second-order valence-electron chi connectivity index (χ2n) is 14.4. The number of hydrogen-bond donors (Lipinski definition) is 1. The van der Waals surface area contributed by atoms with Crippen LogP contribution in [0.2, 0.25) is 0 Å². The summed E-state index contributed by atoms with van der Waals surface area (Å²) in [5.41, 5.74) is 2.08. The number of rotatable bonds is 31. The molecule has 10 nitrogen and oxygen atoms in total. The molecule has 0 spiro atoms. The maximum Gasteiger partial charge on any atom is 0.297 e. The van der Waals surface area contributed by atoms with Crippen molar-refractivity contribution in [3.63, 3.8) is 0 Å². The van der Waals surface area contributed by atoms with Crippen molar-refractivity contribution >= 4 is 10.1 Å². The zero-order valence-electron chi connectivity index (χ0n) is 33.3. The van der Waals surface area contributed by atoms with Crippen LogP contribution in [0.25, 0.3) is 0 Å². The summed E-state index contributed by atoms with van der Waals surface area (Å²) in [5, 5.41) is 11.3. The van der Waals surface area contributed by atoms with Crippen LogP contribution in [-0.4, -0.2) is 84.6 Å². The molecular weight excluding hydrogens is 709 g/mol. The van der Waals surface area contributed by atoms with Gasteiger partial charge in [-0.25, -0.2) is 0 Å². The molecule has 0 aromatic heterocycles. The van der Waals surface area contributed by atoms with E-state index in [0.717, 1.165) is 43.2 Å². The van der Waals surface area contributed by atoms with Crippen LogP contribution in [0.5, 0.6) is 0 Å². The minimum Gasteiger partial charge on any atom is -0.390 e. The third-order valence-electron chi connectivity index (χ3n) is 9.82. The normalized spacial score (nSPS) is 18.6. The Morgan fingerprint density at radius 2 is 1.44 bits per heavy atom. The second kappa shape index (κ2) is 27.4. The van der Waals surface area contributed by atoms with E-state index < -0.39 is 34.5 Å². The highest BCUT2D eigenvalue weighted by Gasteiger charge is 2.39. The predicted octanol–water partition coefficient (Wildman–Crippen LogP) is 8.82. The molecule has 0 unspecified atom stereocenters. The molecule has 1 aliphatic rings. The van der Waals surface area contributed by atoms with E-state index in [1.165, 1.54) is 45.6 Å². The Morgan fingerprint density at radius 1 is 0.796 bits per heavy atom. The Labute approximate surface area is 326 Å². The van der Waals surface area contributed by atoms with Crippen molar-refractivity contribution in [3.05, 3.63) is 77.9 Å². The molecular formula is C43H68O10S. The summed E-state index contributed by atoms with van der Waals surface area (Å²) < 4.78 is 67.8. The highest BCUT2D eigenvalue weighted by Crippen LogP contribution is 2.33. The number of allylic oxidation sites excluding steroid dienone is 1. The van der Waals surface area contributed by atoms with E-state index in [9.17, 15) is 13.5 Å². The maximum atomic E-state index is 13.6. The zero-order chi connectivity index (χ0) is 38.9. The van der Waals surface area contributed by atoms with Crippen molar-refractivity contribution < 1.29 is 46.1 Å². The summed E-state index contributed by atoms with van der Waals surface area (Å²) in [4.78, 5) is 0.0844. The van der Waals surface area contributed by atoms with Crippen LogP contribution in [0, 0.1) is 6.92 Å². The van der Waals surface area contributed by atoms with Gasteiger partial charge in [-0.15, -0.1) is 0 Å². The molecule has 1 heterocycles. The monoisotopic (exact) mass is 776 g/mol. The first-order chi connectivity index (χ1) is 26.3. The van der Waals surface area contributed by atoms with E-state index in [-0.39, 0.29) is 43.5 Å². The highest BCUT2D eigenvalue weighted by atomic mass is 32.2. The standard InChI is InChI=1S/C43H68O10S/c1-5-6-7-8-9-10-11-16-22-40(51-34-48-4)41-29-30-42(52-41)43(53-54(45,46)37-25-23-35(2)24-26-37)28-27-38(44)39(50-33-47-3)21-17-13-18-31-49-32-36-19-14-12-15-20-36/h12,14-15,17,19-21,23-26,38-44H,5-11,13,16,18,22,27-34H2,1-4H3/b21-17+/t38-,39-,40-,41-,42+,43+/m1/s1. The van der Waals surface area contributed by atoms with Crippen LogP contribution in [0.1, 0.15) is 114 Å². The number of ether oxygens (including phenoxy) is 6. The van der Waals surface area contributed by atoms with Crippen molar-refractivity contribution in [1.29, 1.82) is 0 Å². The molecule has 1 saturated heterocycles. The van der Waals surface area contributed by atoms with Crippen LogP contribution in [0.3, 0.4) is 0 Å². The molecule has 0 aliphatic carbocycles. The topological polar surface area (TPSA) is 119 Å². The van der Waals surface area contributed by atoms with Gasteiger partial charge >= 0.3 is 0 Å². The Balaban J connectivity index is 1.62. The van der Waals surface area contributed by atoms with Gasteiger partial charge in [0.2, 0.25) is 0 Å². The second-order valence-corrected chi connectivity index (χ2v) is 15.9. The van der Waals surface area contributed by atoms with Gasteiger partial charge in [-0.05, 0) is 69.6 Å². The first kappa shape index (κ1) is 46.2. The van der Waals surface area contributed by atoms with Crippen LogP contribution >= 0.6 is 0 Å². The van der Waals surface area contributed by atoms with Gasteiger partial charge in [-0.1, -0.05) is 118 Å². The van der Waals surface area contributed by atoms with Crippen LogP contribution in [0.4, 0.5) is 0 Å². The van der Waals surface area contributed by atoms with Gasteiger partial charge in [-0.2, -0.15) is 8.42 Å². The Hall–Kier alpha value is -2.19. The van der Waals surface area contributed by atoms with Crippen molar-refractivity contribution in [2.24, 2.45) is 0 Å². The van der Waals surface area contributed by atoms with E-state index in [4.69, 9.17) is 32.6 Å². The fourth-order valence-corrected chi connectivity index (χ4v) is 7.83. The molecule has 3 rings (SSSR count). The molecule has 0 radical (unpaired) electrons. The average molecular weight is 777 g/mol. The molecule has 6 atom stereocenters.